The molecule has 1 aromatic carbocycles. The summed E-state index contributed by atoms with van der Waals surface area (Å²) in [6.45, 7) is 2.06. The molecule has 4 rings (SSSR count). The highest BCUT2D eigenvalue weighted by molar-refractivity contribution is 9.10. The lowest BCUT2D eigenvalue weighted by Crippen LogP contribution is -2.62. The van der Waals surface area contributed by atoms with Crippen LogP contribution in [0.1, 0.15) is 31.2 Å². The molecule has 2 aliphatic heterocycles. The summed E-state index contributed by atoms with van der Waals surface area (Å²) in [5.41, 5.74) is 3.87. The molecule has 2 unspecified atom stereocenters. The first-order valence-electron chi connectivity index (χ1n) is 8.44. The van der Waals surface area contributed by atoms with Crippen molar-refractivity contribution in [2.24, 2.45) is 0 Å². The normalized spacial score (nSPS) is 22.0. The average molecular weight is 386 g/mol. The molecule has 2 amide bonds. The number of rotatable bonds is 2. The Labute approximate surface area is 150 Å². The van der Waals surface area contributed by atoms with Crippen LogP contribution in [0.4, 0.5) is 10.5 Å². The van der Waals surface area contributed by atoms with Crippen molar-refractivity contribution in [3.63, 3.8) is 0 Å². The van der Waals surface area contributed by atoms with E-state index in [-0.39, 0.29) is 6.03 Å². The summed E-state index contributed by atoms with van der Waals surface area (Å²) in [6, 6.07) is 10.7. The lowest BCUT2D eigenvalue weighted by molar-refractivity contribution is 0.0173. The molecule has 24 heavy (non-hydrogen) atoms. The van der Waals surface area contributed by atoms with Crippen LogP contribution >= 0.6 is 15.9 Å². The first-order chi connectivity index (χ1) is 11.6. The van der Waals surface area contributed by atoms with E-state index in [9.17, 15) is 4.79 Å². The van der Waals surface area contributed by atoms with Gasteiger partial charge in [-0.15, -0.1) is 0 Å². The van der Waals surface area contributed by atoms with Gasteiger partial charge in [0.25, 0.3) is 0 Å². The SMILES string of the molecule is Cc1c(Br)cc(NC(=O)N2C3CCCC2C3)cc1-c1ccccn1. The fourth-order valence-corrected chi connectivity index (χ4v) is 4.32. The topological polar surface area (TPSA) is 45.2 Å². The molecular formula is C19H20BrN3O. The van der Waals surface area contributed by atoms with Gasteiger partial charge in [-0.05, 0) is 62.4 Å². The molecule has 3 heterocycles. The Bertz CT molecular complexity index is 764. The molecule has 0 radical (unpaired) electrons. The number of urea groups is 1. The number of nitrogens with zero attached hydrogens (tertiary/aromatic N) is 2. The van der Waals surface area contributed by atoms with E-state index in [0.717, 1.165) is 39.8 Å². The Morgan fingerprint density at radius 3 is 2.75 bits per heavy atom. The fraction of sp³-hybridized carbons (Fsp3) is 0.368. The van der Waals surface area contributed by atoms with Gasteiger partial charge in [-0.2, -0.15) is 0 Å². The quantitative estimate of drug-likeness (QED) is 0.792. The Hall–Kier alpha value is -1.88. The van der Waals surface area contributed by atoms with Crippen molar-refractivity contribution in [2.45, 2.75) is 44.7 Å². The maximum atomic E-state index is 12.6. The second-order valence-corrected chi connectivity index (χ2v) is 7.51. The number of nitrogens with one attached hydrogen (secondary N) is 1. The molecule has 124 valence electrons. The van der Waals surface area contributed by atoms with Gasteiger partial charge in [-0.25, -0.2) is 4.79 Å². The van der Waals surface area contributed by atoms with Gasteiger partial charge in [0.1, 0.15) is 0 Å². The van der Waals surface area contributed by atoms with Crippen molar-refractivity contribution in [1.82, 2.24) is 9.88 Å². The number of aromatic nitrogens is 1. The smallest absolute Gasteiger partial charge is 0.318 e. The van der Waals surface area contributed by atoms with Crippen molar-refractivity contribution in [3.05, 3.63) is 46.6 Å². The van der Waals surface area contributed by atoms with E-state index in [1.165, 1.54) is 12.8 Å². The van der Waals surface area contributed by atoms with E-state index < -0.39 is 0 Å². The number of carbonyl (C=O) groups excluding carboxylic acids is 1. The Balaban J connectivity index is 1.60. The van der Waals surface area contributed by atoms with Gasteiger partial charge in [0.05, 0.1) is 5.69 Å². The largest absolute Gasteiger partial charge is 0.322 e. The summed E-state index contributed by atoms with van der Waals surface area (Å²) in [5.74, 6) is 0. The summed E-state index contributed by atoms with van der Waals surface area (Å²) >= 11 is 3.61. The highest BCUT2D eigenvalue weighted by Gasteiger charge is 2.44. The van der Waals surface area contributed by atoms with Crippen molar-refractivity contribution >= 4 is 27.6 Å². The predicted octanol–water partition coefficient (Wildman–Crippen LogP) is 4.98. The number of anilines is 1. The van der Waals surface area contributed by atoms with E-state index in [2.05, 4.69) is 33.2 Å². The van der Waals surface area contributed by atoms with Crippen LogP contribution in [0.3, 0.4) is 0 Å². The van der Waals surface area contributed by atoms with Crippen molar-refractivity contribution in [2.75, 3.05) is 5.32 Å². The van der Waals surface area contributed by atoms with Crippen LogP contribution in [-0.2, 0) is 0 Å². The number of amides is 2. The van der Waals surface area contributed by atoms with Gasteiger partial charge in [-0.3, -0.25) is 4.98 Å². The Morgan fingerprint density at radius 1 is 1.29 bits per heavy atom. The zero-order valence-electron chi connectivity index (χ0n) is 13.6. The molecule has 2 atom stereocenters. The van der Waals surface area contributed by atoms with Crippen molar-refractivity contribution < 1.29 is 4.79 Å². The number of hydrogen-bond donors (Lipinski definition) is 1. The van der Waals surface area contributed by atoms with Crippen LogP contribution in [-0.4, -0.2) is 28.0 Å². The van der Waals surface area contributed by atoms with Crippen LogP contribution < -0.4 is 5.32 Å². The molecule has 1 N–H and O–H groups in total. The van der Waals surface area contributed by atoms with Gasteiger partial charge in [0.15, 0.2) is 0 Å². The minimum absolute atomic E-state index is 0.0265. The molecule has 1 aromatic heterocycles. The summed E-state index contributed by atoms with van der Waals surface area (Å²) < 4.78 is 0.977. The number of fused-ring (bicyclic) bond motifs is 2. The summed E-state index contributed by atoms with van der Waals surface area (Å²) in [6.07, 6.45) is 6.49. The molecular weight excluding hydrogens is 366 g/mol. The molecule has 2 aromatic rings. The summed E-state index contributed by atoms with van der Waals surface area (Å²) in [5, 5.41) is 3.08. The molecule has 2 saturated heterocycles. The van der Waals surface area contributed by atoms with Gasteiger partial charge in [0, 0.05) is 34.0 Å². The molecule has 2 bridgehead atoms. The summed E-state index contributed by atoms with van der Waals surface area (Å²) in [7, 11) is 0. The van der Waals surface area contributed by atoms with E-state index in [0.29, 0.717) is 12.1 Å². The van der Waals surface area contributed by atoms with E-state index >= 15 is 0 Å². The van der Waals surface area contributed by atoms with Gasteiger partial charge in [-0.1, -0.05) is 22.0 Å². The molecule has 2 fully saturated rings. The molecule has 5 heteroatoms. The zero-order chi connectivity index (χ0) is 16.7. The number of carbonyl (C=O) groups is 1. The second kappa shape index (κ2) is 6.20. The Morgan fingerprint density at radius 2 is 2.08 bits per heavy atom. The molecule has 0 aliphatic carbocycles. The fourth-order valence-electron chi connectivity index (χ4n) is 3.86. The monoisotopic (exact) mass is 385 g/mol. The number of pyridine rings is 1. The lowest BCUT2D eigenvalue weighted by Gasteiger charge is -2.52. The van der Waals surface area contributed by atoms with Crippen LogP contribution in [0.15, 0.2) is 41.0 Å². The maximum absolute atomic E-state index is 12.6. The molecule has 4 nitrogen and oxygen atoms in total. The van der Waals surface area contributed by atoms with Crippen LogP contribution in [0.25, 0.3) is 11.3 Å². The standard InChI is InChI=1S/C19H20BrN3O/c1-12-16(18-7-2-3-8-21-18)9-13(10-17(12)20)22-19(24)23-14-5-4-6-15(23)11-14/h2-3,7-10,14-15H,4-6,11H2,1H3,(H,22,24). The highest BCUT2D eigenvalue weighted by atomic mass is 79.9. The van der Waals surface area contributed by atoms with Crippen molar-refractivity contribution in [1.29, 1.82) is 0 Å². The van der Waals surface area contributed by atoms with Gasteiger partial charge in [0.2, 0.25) is 0 Å². The number of halogens is 1. The van der Waals surface area contributed by atoms with Crippen molar-refractivity contribution in [3.8, 4) is 11.3 Å². The van der Waals surface area contributed by atoms with E-state index in [1.807, 2.05) is 35.2 Å². The lowest BCUT2D eigenvalue weighted by atomic mass is 9.80. The number of piperidine rings is 1. The first-order valence-corrected chi connectivity index (χ1v) is 9.23. The first kappa shape index (κ1) is 15.6. The highest BCUT2D eigenvalue weighted by Crippen LogP contribution is 2.39. The average Bonchev–Trinajstić information content (AvgIpc) is 2.59. The minimum Gasteiger partial charge on any atom is -0.318 e. The zero-order valence-corrected chi connectivity index (χ0v) is 15.2. The number of benzene rings is 1. The maximum Gasteiger partial charge on any atom is 0.322 e. The van der Waals surface area contributed by atoms with E-state index in [4.69, 9.17) is 0 Å². The third kappa shape index (κ3) is 2.71. The third-order valence-corrected chi connectivity index (χ3v) is 6.00. The second-order valence-electron chi connectivity index (χ2n) is 6.66. The predicted molar refractivity (Wildman–Crippen MR) is 99.0 cm³/mol. The molecule has 0 spiro atoms. The Kier molecular flexibility index (Phi) is 4.04. The van der Waals surface area contributed by atoms with Gasteiger partial charge >= 0.3 is 6.03 Å². The molecule has 2 aliphatic rings. The summed E-state index contributed by atoms with van der Waals surface area (Å²) in [4.78, 5) is 19.1. The van der Waals surface area contributed by atoms with Crippen LogP contribution in [0.2, 0.25) is 0 Å². The van der Waals surface area contributed by atoms with Crippen LogP contribution in [0.5, 0.6) is 0 Å². The minimum atomic E-state index is 0.0265. The third-order valence-electron chi connectivity index (χ3n) is 5.18. The number of hydrogen-bond acceptors (Lipinski definition) is 2. The van der Waals surface area contributed by atoms with Crippen LogP contribution in [0, 0.1) is 6.92 Å². The molecule has 0 saturated carbocycles. The van der Waals surface area contributed by atoms with E-state index in [1.54, 1.807) is 6.20 Å². The van der Waals surface area contributed by atoms with Gasteiger partial charge < -0.3 is 10.2 Å².